The Balaban J connectivity index is 3.18. The number of hydrogen-bond donors (Lipinski definition) is 3. The van der Waals surface area contributed by atoms with Crippen molar-refractivity contribution in [1.82, 2.24) is 4.72 Å². The normalized spacial score (nSPS) is 11.3. The first-order valence-electron chi connectivity index (χ1n) is 5.15. The van der Waals surface area contributed by atoms with E-state index < -0.39 is 38.2 Å². The van der Waals surface area contributed by atoms with E-state index in [2.05, 4.69) is 15.9 Å². The third-order valence-corrected chi connectivity index (χ3v) is 4.11. The number of carbonyl (C=O) groups excluding carboxylic acids is 1. The van der Waals surface area contributed by atoms with E-state index in [0.717, 1.165) is 12.1 Å². The molecule has 0 bridgehead atoms. The van der Waals surface area contributed by atoms with Gasteiger partial charge in [-0.1, -0.05) is 15.9 Å². The summed E-state index contributed by atoms with van der Waals surface area (Å²) >= 11 is 2.90. The molecule has 0 aliphatic heterocycles. The number of nitrogens with two attached hydrogens (primary N) is 1. The molecule has 1 amide bonds. The number of hydrogen-bond acceptors (Lipinski definition) is 4. The molecular weight excluding hydrogens is 359 g/mol. The lowest BCUT2D eigenvalue weighted by atomic mass is 10.2. The SMILES string of the molecule is NC(=O)CCNS(=O)(=O)c1cc(Br)cc(C(=O)O)c1F. The molecule has 0 unspecified atom stereocenters. The van der Waals surface area contributed by atoms with Gasteiger partial charge >= 0.3 is 5.97 Å². The predicted molar refractivity (Wildman–Crippen MR) is 70.1 cm³/mol. The smallest absolute Gasteiger partial charge is 0.338 e. The lowest BCUT2D eigenvalue weighted by Gasteiger charge is -2.09. The van der Waals surface area contributed by atoms with E-state index in [1.807, 2.05) is 4.72 Å². The molecule has 1 aromatic rings. The van der Waals surface area contributed by atoms with Gasteiger partial charge in [0, 0.05) is 17.4 Å². The standard InChI is InChI=1S/C10H10BrFN2O5S/c11-5-3-6(10(16)17)9(12)7(4-5)20(18,19)14-2-1-8(13)15/h3-4,14H,1-2H2,(H2,13,15)(H,16,17). The van der Waals surface area contributed by atoms with Crippen molar-refractivity contribution in [3.8, 4) is 0 Å². The van der Waals surface area contributed by atoms with Gasteiger partial charge in [-0.15, -0.1) is 0 Å². The molecule has 4 N–H and O–H groups in total. The third-order valence-electron chi connectivity index (χ3n) is 2.19. The first-order valence-corrected chi connectivity index (χ1v) is 7.43. The number of carboxylic acids is 1. The van der Waals surface area contributed by atoms with Crippen LogP contribution in [0.3, 0.4) is 0 Å². The average molecular weight is 369 g/mol. The highest BCUT2D eigenvalue weighted by Crippen LogP contribution is 2.24. The van der Waals surface area contributed by atoms with Crippen LogP contribution in [-0.2, 0) is 14.8 Å². The lowest BCUT2D eigenvalue weighted by molar-refractivity contribution is -0.117. The Kier molecular flexibility index (Phi) is 5.20. The van der Waals surface area contributed by atoms with Gasteiger partial charge in [0.15, 0.2) is 5.82 Å². The maximum Gasteiger partial charge on any atom is 0.338 e. The first kappa shape index (κ1) is 16.5. The van der Waals surface area contributed by atoms with E-state index in [-0.39, 0.29) is 17.4 Å². The molecule has 0 fully saturated rings. The van der Waals surface area contributed by atoms with Gasteiger partial charge in [-0.05, 0) is 12.1 Å². The minimum absolute atomic E-state index is 0.0894. The monoisotopic (exact) mass is 368 g/mol. The van der Waals surface area contributed by atoms with Crippen LogP contribution in [0.5, 0.6) is 0 Å². The molecule has 0 aliphatic rings. The molecule has 20 heavy (non-hydrogen) atoms. The van der Waals surface area contributed by atoms with Crippen molar-refractivity contribution in [3.63, 3.8) is 0 Å². The van der Waals surface area contributed by atoms with E-state index >= 15 is 0 Å². The molecule has 10 heteroatoms. The maximum absolute atomic E-state index is 13.9. The van der Waals surface area contributed by atoms with Crippen molar-refractivity contribution in [2.75, 3.05) is 6.54 Å². The number of aromatic carboxylic acids is 1. The van der Waals surface area contributed by atoms with Gasteiger partial charge in [0.25, 0.3) is 0 Å². The van der Waals surface area contributed by atoms with Gasteiger partial charge in [-0.25, -0.2) is 22.3 Å². The fraction of sp³-hybridized carbons (Fsp3) is 0.200. The number of nitrogens with one attached hydrogen (secondary N) is 1. The van der Waals surface area contributed by atoms with Gasteiger partial charge < -0.3 is 10.8 Å². The van der Waals surface area contributed by atoms with Crippen LogP contribution in [0.2, 0.25) is 0 Å². The summed E-state index contributed by atoms with van der Waals surface area (Å²) < 4.78 is 39.6. The molecule has 0 heterocycles. The lowest BCUT2D eigenvalue weighted by Crippen LogP contribution is -2.29. The summed E-state index contributed by atoms with van der Waals surface area (Å²) in [6.07, 6.45) is -0.263. The van der Waals surface area contributed by atoms with Crippen LogP contribution >= 0.6 is 15.9 Å². The molecule has 110 valence electrons. The molecule has 0 saturated heterocycles. The van der Waals surface area contributed by atoms with Crippen molar-refractivity contribution in [1.29, 1.82) is 0 Å². The molecule has 7 nitrogen and oxygen atoms in total. The van der Waals surface area contributed by atoms with Crippen LogP contribution in [0.1, 0.15) is 16.8 Å². The Labute approximate surface area is 122 Å². The summed E-state index contributed by atoms with van der Waals surface area (Å²) in [5, 5.41) is 8.79. The van der Waals surface area contributed by atoms with Crippen LogP contribution < -0.4 is 10.5 Å². The van der Waals surface area contributed by atoms with Crippen LogP contribution in [0.4, 0.5) is 4.39 Å². The van der Waals surface area contributed by atoms with Gasteiger partial charge in [-0.3, -0.25) is 4.79 Å². The topological polar surface area (TPSA) is 127 Å². The molecule has 0 saturated carbocycles. The van der Waals surface area contributed by atoms with Gasteiger partial charge in [-0.2, -0.15) is 0 Å². The number of primary amides is 1. The van der Waals surface area contributed by atoms with Crippen molar-refractivity contribution in [3.05, 3.63) is 28.0 Å². The quantitative estimate of drug-likeness (QED) is 0.671. The Morgan fingerprint density at radius 2 is 2.00 bits per heavy atom. The molecule has 0 aromatic heterocycles. The fourth-order valence-electron chi connectivity index (χ4n) is 1.30. The first-order chi connectivity index (χ1) is 9.15. The second-order valence-corrected chi connectivity index (χ2v) is 6.34. The number of benzene rings is 1. The maximum atomic E-state index is 13.9. The summed E-state index contributed by atoms with van der Waals surface area (Å²) in [7, 11) is -4.29. The molecule has 0 aliphatic carbocycles. The summed E-state index contributed by atoms with van der Waals surface area (Å²) in [5.41, 5.74) is 4.06. The summed E-state index contributed by atoms with van der Waals surface area (Å²) in [6, 6.07) is 1.87. The Morgan fingerprint density at radius 3 is 2.50 bits per heavy atom. The summed E-state index contributed by atoms with van der Waals surface area (Å²) in [5.74, 6) is -3.71. The fourth-order valence-corrected chi connectivity index (χ4v) is 3.07. The molecule has 1 aromatic carbocycles. The molecule has 0 radical (unpaired) electrons. The highest BCUT2D eigenvalue weighted by Gasteiger charge is 2.24. The second kappa shape index (κ2) is 6.29. The highest BCUT2D eigenvalue weighted by atomic mass is 79.9. The molecule has 1 rings (SSSR count). The molecular formula is C10H10BrFN2O5S. The Morgan fingerprint density at radius 1 is 1.40 bits per heavy atom. The van der Waals surface area contributed by atoms with Crippen LogP contribution in [-0.4, -0.2) is 31.9 Å². The van der Waals surface area contributed by atoms with Gasteiger partial charge in [0.1, 0.15) is 4.90 Å². The largest absolute Gasteiger partial charge is 0.478 e. The zero-order chi connectivity index (χ0) is 15.5. The van der Waals surface area contributed by atoms with Crippen molar-refractivity contribution >= 4 is 37.8 Å². The summed E-state index contributed by atoms with van der Waals surface area (Å²) in [6.45, 7) is -0.313. The van der Waals surface area contributed by atoms with Crippen molar-refractivity contribution in [2.45, 2.75) is 11.3 Å². The number of amides is 1. The van der Waals surface area contributed by atoms with Crippen LogP contribution in [0, 0.1) is 5.82 Å². The summed E-state index contributed by atoms with van der Waals surface area (Å²) in [4.78, 5) is 20.5. The van der Waals surface area contributed by atoms with Crippen molar-refractivity contribution < 1.29 is 27.5 Å². The second-order valence-electron chi connectivity index (χ2n) is 3.68. The Bertz CT molecular complexity index is 662. The molecule has 0 spiro atoms. The Hall–Kier alpha value is -1.52. The number of carboxylic acid groups (broad SMARTS) is 1. The van der Waals surface area contributed by atoms with E-state index in [1.165, 1.54) is 0 Å². The van der Waals surface area contributed by atoms with Gasteiger partial charge in [0.2, 0.25) is 15.9 Å². The predicted octanol–water partition coefficient (Wildman–Crippen LogP) is 0.440. The average Bonchev–Trinajstić information content (AvgIpc) is 2.30. The number of carbonyl (C=O) groups is 2. The zero-order valence-corrected chi connectivity index (χ0v) is 12.3. The van der Waals surface area contributed by atoms with Crippen LogP contribution in [0.25, 0.3) is 0 Å². The zero-order valence-electron chi connectivity index (χ0n) is 9.89. The van der Waals surface area contributed by atoms with E-state index in [1.54, 1.807) is 0 Å². The van der Waals surface area contributed by atoms with Crippen LogP contribution in [0.15, 0.2) is 21.5 Å². The van der Waals surface area contributed by atoms with E-state index in [9.17, 15) is 22.4 Å². The van der Waals surface area contributed by atoms with E-state index in [4.69, 9.17) is 10.8 Å². The third kappa shape index (κ3) is 3.99. The number of rotatable bonds is 6. The van der Waals surface area contributed by atoms with E-state index in [0.29, 0.717) is 0 Å². The number of sulfonamides is 1. The minimum atomic E-state index is -4.29. The van der Waals surface area contributed by atoms with Gasteiger partial charge in [0.05, 0.1) is 5.56 Å². The highest BCUT2D eigenvalue weighted by molar-refractivity contribution is 9.10. The van der Waals surface area contributed by atoms with Crippen molar-refractivity contribution in [2.24, 2.45) is 5.73 Å². The molecule has 0 atom stereocenters. The minimum Gasteiger partial charge on any atom is -0.478 e. The number of halogens is 2.